The first-order valence-electron chi connectivity index (χ1n) is 6.67. The van der Waals surface area contributed by atoms with Gasteiger partial charge in [-0.1, -0.05) is 13.0 Å². The molecule has 1 aromatic carbocycles. The molecule has 1 aromatic rings. The van der Waals surface area contributed by atoms with Gasteiger partial charge in [0, 0.05) is 25.2 Å². The lowest BCUT2D eigenvalue weighted by atomic mass is 10.2. The van der Waals surface area contributed by atoms with Crippen molar-refractivity contribution in [3.63, 3.8) is 0 Å². The predicted molar refractivity (Wildman–Crippen MR) is 79.2 cm³/mol. The summed E-state index contributed by atoms with van der Waals surface area (Å²) in [7, 11) is -2.03. The molecule has 0 radical (unpaired) electrons. The van der Waals surface area contributed by atoms with Crippen LogP contribution >= 0.6 is 0 Å². The lowest BCUT2D eigenvalue weighted by molar-refractivity contribution is 0.0953. The van der Waals surface area contributed by atoms with Gasteiger partial charge in [-0.2, -0.15) is 4.31 Å². The Morgan fingerprint density at radius 3 is 2.55 bits per heavy atom. The van der Waals surface area contributed by atoms with E-state index in [9.17, 15) is 13.2 Å². The average Bonchev–Trinajstić information content (AvgIpc) is 2.43. The highest BCUT2D eigenvalue weighted by Crippen LogP contribution is 2.17. The third kappa shape index (κ3) is 3.80. The molecule has 1 N–H and O–H groups in total. The standard InChI is InChI=1S/C14H22N2O3S/c1-5-9-15-14(17)12-7-6-8-13(10-12)20(18,19)16(4)11(2)3/h6-8,10-11H,5,9H2,1-4H3,(H,15,17). The van der Waals surface area contributed by atoms with Crippen LogP contribution in [0.4, 0.5) is 0 Å². The first kappa shape index (κ1) is 16.7. The van der Waals surface area contributed by atoms with Crippen LogP contribution < -0.4 is 5.32 Å². The van der Waals surface area contributed by atoms with Crippen molar-refractivity contribution in [1.29, 1.82) is 0 Å². The maximum atomic E-state index is 12.4. The average molecular weight is 298 g/mol. The van der Waals surface area contributed by atoms with E-state index in [1.165, 1.54) is 23.5 Å². The molecule has 0 aromatic heterocycles. The second kappa shape index (κ2) is 6.85. The Bertz CT molecular complexity index is 568. The normalized spacial score (nSPS) is 11.9. The van der Waals surface area contributed by atoms with Crippen molar-refractivity contribution in [1.82, 2.24) is 9.62 Å². The second-order valence-electron chi connectivity index (χ2n) is 4.90. The van der Waals surface area contributed by atoms with Crippen molar-refractivity contribution in [2.24, 2.45) is 0 Å². The predicted octanol–water partition coefficient (Wildman–Crippen LogP) is 1.86. The van der Waals surface area contributed by atoms with Crippen LogP contribution in [0.2, 0.25) is 0 Å². The highest BCUT2D eigenvalue weighted by atomic mass is 32.2. The van der Waals surface area contributed by atoms with Gasteiger partial charge in [0.05, 0.1) is 4.90 Å². The third-order valence-corrected chi connectivity index (χ3v) is 5.07. The van der Waals surface area contributed by atoms with Crippen molar-refractivity contribution in [2.45, 2.75) is 38.1 Å². The van der Waals surface area contributed by atoms with Crippen LogP contribution in [0.5, 0.6) is 0 Å². The van der Waals surface area contributed by atoms with Gasteiger partial charge in [-0.05, 0) is 38.5 Å². The minimum Gasteiger partial charge on any atom is -0.352 e. The molecule has 1 amide bonds. The number of amides is 1. The smallest absolute Gasteiger partial charge is 0.251 e. The molecule has 0 aliphatic carbocycles. The van der Waals surface area contributed by atoms with Crippen molar-refractivity contribution in [2.75, 3.05) is 13.6 Å². The van der Waals surface area contributed by atoms with Crippen LogP contribution in [0, 0.1) is 0 Å². The molecule has 112 valence electrons. The number of carbonyl (C=O) groups is 1. The molecule has 0 unspecified atom stereocenters. The van der Waals surface area contributed by atoms with Gasteiger partial charge in [-0.25, -0.2) is 8.42 Å². The maximum Gasteiger partial charge on any atom is 0.251 e. The minimum atomic E-state index is -3.56. The minimum absolute atomic E-state index is 0.137. The van der Waals surface area contributed by atoms with Gasteiger partial charge in [0.15, 0.2) is 0 Å². The number of sulfonamides is 1. The zero-order valence-corrected chi connectivity index (χ0v) is 13.2. The fourth-order valence-corrected chi connectivity index (χ4v) is 3.00. The summed E-state index contributed by atoms with van der Waals surface area (Å²) in [6.07, 6.45) is 0.833. The highest BCUT2D eigenvalue weighted by Gasteiger charge is 2.23. The largest absolute Gasteiger partial charge is 0.352 e. The summed E-state index contributed by atoms with van der Waals surface area (Å²) in [5, 5.41) is 2.73. The second-order valence-corrected chi connectivity index (χ2v) is 6.90. The molecule has 0 aliphatic rings. The number of rotatable bonds is 6. The highest BCUT2D eigenvalue weighted by molar-refractivity contribution is 7.89. The molecule has 0 saturated heterocycles. The van der Waals surface area contributed by atoms with E-state index in [0.717, 1.165) is 6.42 Å². The Morgan fingerprint density at radius 2 is 2.00 bits per heavy atom. The molecule has 0 fully saturated rings. The Morgan fingerprint density at radius 1 is 1.35 bits per heavy atom. The van der Waals surface area contributed by atoms with Gasteiger partial charge in [0.2, 0.25) is 10.0 Å². The monoisotopic (exact) mass is 298 g/mol. The Labute approximate surface area is 121 Å². The Kier molecular flexibility index (Phi) is 5.71. The van der Waals surface area contributed by atoms with Gasteiger partial charge in [0.1, 0.15) is 0 Å². The Hall–Kier alpha value is -1.40. The number of carbonyl (C=O) groups excluding carboxylic acids is 1. The van der Waals surface area contributed by atoms with Crippen LogP contribution in [0.15, 0.2) is 29.2 Å². The number of nitrogens with one attached hydrogen (secondary N) is 1. The lowest BCUT2D eigenvalue weighted by Gasteiger charge is -2.21. The van der Waals surface area contributed by atoms with Crippen LogP contribution in [-0.4, -0.2) is 38.3 Å². The van der Waals surface area contributed by atoms with Crippen molar-refractivity contribution in [3.8, 4) is 0 Å². The SMILES string of the molecule is CCCNC(=O)c1cccc(S(=O)(=O)N(C)C(C)C)c1. The van der Waals surface area contributed by atoms with Crippen LogP contribution in [0.25, 0.3) is 0 Å². The zero-order valence-electron chi connectivity index (χ0n) is 12.4. The first-order chi connectivity index (χ1) is 9.30. The molecule has 0 spiro atoms. The van der Waals surface area contributed by atoms with E-state index in [1.54, 1.807) is 26.0 Å². The van der Waals surface area contributed by atoms with E-state index in [0.29, 0.717) is 12.1 Å². The van der Waals surface area contributed by atoms with Gasteiger partial charge in [-0.3, -0.25) is 4.79 Å². The number of hydrogen-bond donors (Lipinski definition) is 1. The van der Waals surface area contributed by atoms with Crippen molar-refractivity contribution >= 4 is 15.9 Å². The van der Waals surface area contributed by atoms with E-state index in [2.05, 4.69) is 5.32 Å². The van der Waals surface area contributed by atoms with Gasteiger partial charge in [-0.15, -0.1) is 0 Å². The summed E-state index contributed by atoms with van der Waals surface area (Å²) in [5.41, 5.74) is 0.358. The molecule has 6 heteroatoms. The summed E-state index contributed by atoms with van der Waals surface area (Å²) in [4.78, 5) is 12.0. The molecule has 0 bridgehead atoms. The van der Waals surface area contributed by atoms with E-state index >= 15 is 0 Å². The molecular weight excluding hydrogens is 276 g/mol. The molecule has 0 saturated carbocycles. The third-order valence-electron chi connectivity index (χ3n) is 3.04. The first-order valence-corrected chi connectivity index (χ1v) is 8.11. The summed E-state index contributed by atoms with van der Waals surface area (Å²) >= 11 is 0. The molecule has 0 heterocycles. The van der Waals surface area contributed by atoms with Crippen molar-refractivity contribution in [3.05, 3.63) is 29.8 Å². The summed E-state index contributed by atoms with van der Waals surface area (Å²) in [5.74, 6) is -0.254. The molecular formula is C14H22N2O3S. The number of benzene rings is 1. The fourth-order valence-electron chi connectivity index (χ4n) is 1.58. The number of hydrogen-bond acceptors (Lipinski definition) is 3. The van der Waals surface area contributed by atoms with Gasteiger partial charge >= 0.3 is 0 Å². The quantitative estimate of drug-likeness (QED) is 0.871. The van der Waals surface area contributed by atoms with Crippen LogP contribution in [-0.2, 0) is 10.0 Å². The summed E-state index contributed by atoms with van der Waals surface area (Å²) < 4.78 is 26.0. The molecule has 0 aliphatic heterocycles. The number of nitrogens with zero attached hydrogens (tertiary/aromatic N) is 1. The topological polar surface area (TPSA) is 66.5 Å². The van der Waals surface area contributed by atoms with E-state index in [-0.39, 0.29) is 16.8 Å². The van der Waals surface area contributed by atoms with E-state index in [4.69, 9.17) is 0 Å². The zero-order chi connectivity index (χ0) is 15.3. The summed E-state index contributed by atoms with van der Waals surface area (Å²) in [6, 6.07) is 5.98. The van der Waals surface area contributed by atoms with E-state index < -0.39 is 10.0 Å². The molecule has 0 atom stereocenters. The van der Waals surface area contributed by atoms with Crippen LogP contribution in [0.1, 0.15) is 37.6 Å². The Balaban J connectivity index is 3.07. The molecule has 20 heavy (non-hydrogen) atoms. The molecule has 1 rings (SSSR count). The van der Waals surface area contributed by atoms with Gasteiger partial charge < -0.3 is 5.32 Å². The fraction of sp³-hybridized carbons (Fsp3) is 0.500. The lowest BCUT2D eigenvalue weighted by Crippen LogP contribution is -2.33. The maximum absolute atomic E-state index is 12.4. The van der Waals surface area contributed by atoms with Crippen molar-refractivity contribution < 1.29 is 13.2 Å². The van der Waals surface area contributed by atoms with Gasteiger partial charge in [0.25, 0.3) is 5.91 Å². The molecule has 5 nitrogen and oxygen atoms in total. The van der Waals surface area contributed by atoms with Crippen LogP contribution in [0.3, 0.4) is 0 Å². The van der Waals surface area contributed by atoms with E-state index in [1.807, 2.05) is 6.92 Å². The summed E-state index contributed by atoms with van der Waals surface area (Å²) in [6.45, 7) is 6.13.